The molecule has 0 saturated carbocycles. The van der Waals surface area contributed by atoms with Crippen LogP contribution in [0.5, 0.6) is 0 Å². The summed E-state index contributed by atoms with van der Waals surface area (Å²) in [5.41, 5.74) is 2.90. The zero-order chi connectivity index (χ0) is 21.5. The van der Waals surface area contributed by atoms with E-state index in [9.17, 15) is 19.2 Å². The predicted molar refractivity (Wildman–Crippen MR) is 111 cm³/mol. The average Bonchev–Trinajstić information content (AvgIpc) is 3.26. The molecule has 4 amide bonds. The molecule has 7 nitrogen and oxygen atoms in total. The molecule has 1 atom stereocenters. The molecule has 0 spiro atoms. The summed E-state index contributed by atoms with van der Waals surface area (Å²) in [5.74, 6) is -1.10. The molecule has 1 aliphatic heterocycles. The highest BCUT2D eigenvalue weighted by Gasteiger charge is 2.49. The van der Waals surface area contributed by atoms with Gasteiger partial charge in [0.2, 0.25) is 5.91 Å². The van der Waals surface area contributed by atoms with Crippen molar-refractivity contribution >= 4 is 29.3 Å². The molecule has 0 radical (unpaired) electrons. The highest BCUT2D eigenvalue weighted by Crippen LogP contribution is 2.32. The molecule has 2 aromatic carbocycles. The van der Waals surface area contributed by atoms with Crippen molar-refractivity contribution < 1.29 is 19.2 Å². The van der Waals surface area contributed by atoms with Crippen molar-refractivity contribution in [2.75, 3.05) is 11.9 Å². The number of nitrogens with zero attached hydrogens (tertiary/aromatic N) is 1. The van der Waals surface area contributed by atoms with Crippen LogP contribution in [-0.2, 0) is 28.0 Å². The number of fused-ring (bicyclic) bond motifs is 1. The van der Waals surface area contributed by atoms with E-state index in [1.165, 1.54) is 18.1 Å². The van der Waals surface area contributed by atoms with Crippen molar-refractivity contribution in [3.63, 3.8) is 0 Å². The highest BCUT2D eigenvalue weighted by atomic mass is 16.2. The van der Waals surface area contributed by atoms with E-state index in [1.807, 2.05) is 18.2 Å². The van der Waals surface area contributed by atoms with E-state index in [2.05, 4.69) is 10.6 Å². The van der Waals surface area contributed by atoms with E-state index >= 15 is 0 Å². The lowest BCUT2D eigenvalue weighted by Crippen LogP contribution is -2.42. The number of urea groups is 1. The van der Waals surface area contributed by atoms with Gasteiger partial charge < -0.3 is 10.6 Å². The third kappa shape index (κ3) is 3.47. The summed E-state index contributed by atoms with van der Waals surface area (Å²) in [6.45, 7) is 2.70. The molecule has 2 aromatic rings. The van der Waals surface area contributed by atoms with Crippen LogP contribution in [-0.4, -0.2) is 35.1 Å². The maximum Gasteiger partial charge on any atom is 0.325 e. The Morgan fingerprint density at radius 3 is 2.63 bits per heavy atom. The Morgan fingerprint density at radius 2 is 1.87 bits per heavy atom. The summed E-state index contributed by atoms with van der Waals surface area (Å²) < 4.78 is 0. The number of imide groups is 1. The fraction of sp³-hybridized carbons (Fsp3) is 0.304. The van der Waals surface area contributed by atoms with Gasteiger partial charge in [-0.15, -0.1) is 0 Å². The maximum absolute atomic E-state index is 13.1. The second-order valence-electron chi connectivity index (χ2n) is 7.97. The smallest absolute Gasteiger partial charge is 0.325 e. The topological polar surface area (TPSA) is 95.6 Å². The minimum Gasteiger partial charge on any atom is -0.325 e. The van der Waals surface area contributed by atoms with Gasteiger partial charge in [-0.05, 0) is 61.9 Å². The zero-order valence-corrected chi connectivity index (χ0v) is 17.0. The standard InChI is InChI=1S/C23H23N3O4/c1-14(27)16-6-4-8-19(12-16)24-20(28)13-26-21(29)23(2,25-22(26)30)18-10-9-15-5-3-7-17(15)11-18/h4,6,8-12H,3,5,7,13H2,1-2H3,(H,24,28)(H,25,30). The van der Waals surface area contributed by atoms with E-state index in [1.54, 1.807) is 31.2 Å². The fourth-order valence-corrected chi connectivity index (χ4v) is 4.08. The molecule has 7 heteroatoms. The van der Waals surface area contributed by atoms with Gasteiger partial charge in [0.15, 0.2) is 5.78 Å². The van der Waals surface area contributed by atoms with Gasteiger partial charge in [-0.3, -0.25) is 19.3 Å². The Bertz CT molecular complexity index is 1080. The molecule has 0 bridgehead atoms. The van der Waals surface area contributed by atoms with Gasteiger partial charge in [-0.2, -0.15) is 0 Å². The molecule has 1 heterocycles. The number of anilines is 1. The molecule has 30 heavy (non-hydrogen) atoms. The Kier molecular flexibility index (Phi) is 4.89. The van der Waals surface area contributed by atoms with Crippen LogP contribution in [0.25, 0.3) is 0 Å². The zero-order valence-electron chi connectivity index (χ0n) is 17.0. The van der Waals surface area contributed by atoms with E-state index in [0.717, 1.165) is 29.7 Å². The summed E-state index contributed by atoms with van der Waals surface area (Å²) in [4.78, 5) is 50.5. The number of hydrogen-bond donors (Lipinski definition) is 2. The second kappa shape index (κ2) is 7.40. The molecule has 1 saturated heterocycles. The lowest BCUT2D eigenvalue weighted by Gasteiger charge is -2.23. The van der Waals surface area contributed by atoms with Gasteiger partial charge in [-0.1, -0.05) is 30.3 Å². The summed E-state index contributed by atoms with van der Waals surface area (Å²) >= 11 is 0. The van der Waals surface area contributed by atoms with Crippen molar-refractivity contribution in [1.82, 2.24) is 10.2 Å². The summed E-state index contributed by atoms with van der Waals surface area (Å²) in [6.07, 6.45) is 3.09. The SMILES string of the molecule is CC(=O)c1cccc(NC(=O)CN2C(=O)NC(C)(c3ccc4c(c3)CCC4)C2=O)c1. The summed E-state index contributed by atoms with van der Waals surface area (Å²) in [7, 11) is 0. The third-order valence-corrected chi connectivity index (χ3v) is 5.81. The number of ketones is 1. The third-order valence-electron chi connectivity index (χ3n) is 5.81. The molecule has 1 aliphatic carbocycles. The number of aryl methyl sites for hydroxylation is 2. The Hall–Kier alpha value is -3.48. The Balaban J connectivity index is 1.49. The molecular formula is C23H23N3O4. The first-order valence-corrected chi connectivity index (χ1v) is 9.95. The van der Waals surface area contributed by atoms with Crippen LogP contribution in [0.15, 0.2) is 42.5 Å². The maximum atomic E-state index is 13.1. The van der Waals surface area contributed by atoms with Crippen LogP contribution in [0.3, 0.4) is 0 Å². The lowest BCUT2D eigenvalue weighted by atomic mass is 9.89. The van der Waals surface area contributed by atoms with Crippen LogP contribution in [0, 0.1) is 0 Å². The van der Waals surface area contributed by atoms with E-state index < -0.39 is 29.9 Å². The van der Waals surface area contributed by atoms with Crippen molar-refractivity contribution in [2.24, 2.45) is 0 Å². The number of amides is 4. The van der Waals surface area contributed by atoms with E-state index in [-0.39, 0.29) is 5.78 Å². The van der Waals surface area contributed by atoms with Gasteiger partial charge in [0.1, 0.15) is 12.1 Å². The molecule has 154 valence electrons. The predicted octanol–water partition coefficient (Wildman–Crippen LogP) is 2.78. The van der Waals surface area contributed by atoms with Crippen molar-refractivity contribution in [3.05, 3.63) is 64.7 Å². The second-order valence-corrected chi connectivity index (χ2v) is 7.97. The first kappa shape index (κ1) is 19.8. The number of hydrogen-bond acceptors (Lipinski definition) is 4. The van der Waals surface area contributed by atoms with Crippen LogP contribution in [0.2, 0.25) is 0 Å². The van der Waals surface area contributed by atoms with Crippen LogP contribution < -0.4 is 10.6 Å². The van der Waals surface area contributed by atoms with Gasteiger partial charge in [0.25, 0.3) is 5.91 Å². The van der Waals surface area contributed by atoms with Gasteiger partial charge in [0, 0.05) is 11.3 Å². The minimum atomic E-state index is -1.20. The van der Waals surface area contributed by atoms with Gasteiger partial charge in [-0.25, -0.2) is 4.79 Å². The highest BCUT2D eigenvalue weighted by molar-refractivity contribution is 6.10. The van der Waals surface area contributed by atoms with E-state index in [0.29, 0.717) is 11.3 Å². The molecule has 2 aliphatic rings. The van der Waals surface area contributed by atoms with E-state index in [4.69, 9.17) is 0 Å². The monoisotopic (exact) mass is 405 g/mol. The number of carbonyl (C=O) groups excluding carboxylic acids is 4. The number of carbonyl (C=O) groups is 4. The summed E-state index contributed by atoms with van der Waals surface area (Å²) in [6, 6.07) is 11.8. The molecule has 1 unspecified atom stereocenters. The minimum absolute atomic E-state index is 0.120. The Labute approximate surface area is 174 Å². The molecule has 1 fully saturated rings. The van der Waals surface area contributed by atoms with Crippen LogP contribution in [0.1, 0.15) is 47.3 Å². The van der Waals surface area contributed by atoms with Crippen molar-refractivity contribution in [1.29, 1.82) is 0 Å². The van der Waals surface area contributed by atoms with Crippen molar-refractivity contribution in [3.8, 4) is 0 Å². The quantitative estimate of drug-likeness (QED) is 0.591. The molecule has 0 aromatic heterocycles. The number of nitrogens with one attached hydrogen (secondary N) is 2. The van der Waals surface area contributed by atoms with Gasteiger partial charge >= 0.3 is 6.03 Å². The first-order valence-electron chi connectivity index (χ1n) is 9.95. The van der Waals surface area contributed by atoms with Crippen LogP contribution in [0.4, 0.5) is 10.5 Å². The molecular weight excluding hydrogens is 382 g/mol. The lowest BCUT2D eigenvalue weighted by molar-refractivity contribution is -0.133. The largest absolute Gasteiger partial charge is 0.325 e. The Morgan fingerprint density at radius 1 is 1.10 bits per heavy atom. The fourth-order valence-electron chi connectivity index (χ4n) is 4.08. The number of rotatable bonds is 5. The number of Topliss-reactive ketones (excluding diaryl/α,β-unsaturated/α-hetero) is 1. The van der Waals surface area contributed by atoms with Gasteiger partial charge in [0.05, 0.1) is 0 Å². The average molecular weight is 405 g/mol. The number of benzene rings is 2. The normalized spacial score (nSPS) is 20.1. The summed E-state index contributed by atoms with van der Waals surface area (Å²) in [5, 5.41) is 5.38. The van der Waals surface area contributed by atoms with Crippen molar-refractivity contribution in [2.45, 2.75) is 38.6 Å². The first-order chi connectivity index (χ1) is 14.3. The molecule has 2 N–H and O–H groups in total. The van der Waals surface area contributed by atoms with Crippen LogP contribution >= 0.6 is 0 Å². The molecule has 4 rings (SSSR count).